The molecule has 0 unspecified atom stereocenters. The zero-order chi connectivity index (χ0) is 29.4. The van der Waals surface area contributed by atoms with Crippen LogP contribution in [0.4, 0.5) is 0 Å². The van der Waals surface area contributed by atoms with E-state index in [1.165, 1.54) is 0 Å². The van der Waals surface area contributed by atoms with E-state index >= 15 is 0 Å². The second-order valence-corrected chi connectivity index (χ2v) is 9.93. The van der Waals surface area contributed by atoms with Crippen LogP contribution in [-0.2, 0) is 6.54 Å². The predicted molar refractivity (Wildman–Crippen MR) is 152 cm³/mol. The van der Waals surface area contributed by atoms with E-state index in [-0.39, 0.29) is 56.9 Å². The van der Waals surface area contributed by atoms with Gasteiger partial charge < -0.3 is 18.5 Å². The molecule has 0 atom stereocenters. The van der Waals surface area contributed by atoms with Gasteiger partial charge >= 0.3 is 68.9 Å². The van der Waals surface area contributed by atoms with Crippen LogP contribution in [0.3, 0.4) is 0 Å². The fraction of sp³-hybridized carbons (Fsp3) is 0.161. The van der Waals surface area contributed by atoms with E-state index in [4.69, 9.17) is 4.98 Å². The summed E-state index contributed by atoms with van der Waals surface area (Å²) in [4.78, 5) is 40.8. The molecule has 11 nitrogen and oxygen atoms in total. The Hall–Kier alpha value is -3.94. The Kier molecular flexibility index (Phi) is 9.04. The first-order chi connectivity index (χ1) is 20.3. The first kappa shape index (κ1) is 30.5. The van der Waals surface area contributed by atoms with E-state index in [0.29, 0.717) is 40.8 Å². The number of hydrogen-bond donors (Lipinski definition) is 2. The molecular formula is C31H25KN4O7. The van der Waals surface area contributed by atoms with Gasteiger partial charge in [-0.25, -0.2) is 19.4 Å². The van der Waals surface area contributed by atoms with Crippen molar-refractivity contribution in [3.63, 3.8) is 0 Å². The Labute approximate surface area is 287 Å². The summed E-state index contributed by atoms with van der Waals surface area (Å²) in [6.45, 7) is 5.53. The number of para-hydroxylation sites is 1. The van der Waals surface area contributed by atoms with Crippen molar-refractivity contribution >= 4 is 17.0 Å². The van der Waals surface area contributed by atoms with E-state index in [1.807, 2.05) is 54.6 Å². The number of benzene rings is 3. The number of carboxylic acids is 1. The number of rotatable bonds is 6. The van der Waals surface area contributed by atoms with Crippen LogP contribution in [0.25, 0.3) is 33.5 Å². The first-order valence-corrected chi connectivity index (χ1v) is 13.2. The predicted octanol–water partition coefficient (Wildman–Crippen LogP) is 2.40. The van der Waals surface area contributed by atoms with Gasteiger partial charge in [0, 0.05) is 23.8 Å². The molecule has 212 valence electrons. The molecule has 0 spiro atoms. The minimum absolute atomic E-state index is 0. The van der Waals surface area contributed by atoms with E-state index < -0.39 is 17.5 Å². The van der Waals surface area contributed by atoms with Crippen LogP contribution in [0.5, 0.6) is 0 Å². The van der Waals surface area contributed by atoms with E-state index in [0.717, 1.165) is 40.9 Å². The molecule has 1 saturated carbocycles. The minimum atomic E-state index is -0.952. The number of imidazole rings is 1. The number of carbonyl (C=O) groups is 1. The van der Waals surface area contributed by atoms with E-state index in [9.17, 15) is 19.5 Å². The van der Waals surface area contributed by atoms with Crippen LogP contribution in [0.1, 0.15) is 52.0 Å². The van der Waals surface area contributed by atoms with Crippen molar-refractivity contribution in [2.24, 2.45) is 0 Å². The number of aryl methyl sites for hydroxylation is 1. The number of carboxylic acid groups (broad SMARTS) is 1. The van der Waals surface area contributed by atoms with Crippen molar-refractivity contribution in [2.75, 3.05) is 0 Å². The largest absolute Gasteiger partial charge is 1.00 e. The van der Waals surface area contributed by atoms with Crippen LogP contribution >= 0.6 is 0 Å². The average molecular weight is 605 g/mol. The van der Waals surface area contributed by atoms with Gasteiger partial charge in [-0.15, -0.1) is 0 Å². The number of H-pyrrole nitrogens is 1. The summed E-state index contributed by atoms with van der Waals surface area (Å²) < 4.78 is 15.5. The molecule has 7 rings (SSSR count). The van der Waals surface area contributed by atoms with Crippen molar-refractivity contribution < 1.29 is 74.6 Å². The Balaban J connectivity index is 0.000000357. The second kappa shape index (κ2) is 12.7. The van der Waals surface area contributed by atoms with Crippen molar-refractivity contribution in [1.82, 2.24) is 19.7 Å². The van der Waals surface area contributed by atoms with Crippen molar-refractivity contribution in [2.45, 2.75) is 32.2 Å². The summed E-state index contributed by atoms with van der Waals surface area (Å²) in [5, 5.41) is 13.6. The maximum Gasteiger partial charge on any atom is 1.00 e. The van der Waals surface area contributed by atoms with Gasteiger partial charge in [-0.3, -0.25) is 9.51 Å². The molecule has 3 aromatic heterocycles. The number of nitrogens with zero attached hydrogens (tertiary/aromatic N) is 3. The summed E-state index contributed by atoms with van der Waals surface area (Å²) in [5.74, 6) is 0.215. The summed E-state index contributed by atoms with van der Waals surface area (Å²) in [7, 11) is 0. The van der Waals surface area contributed by atoms with Gasteiger partial charge in [0.05, 0.1) is 16.6 Å². The third-order valence-electron chi connectivity index (χ3n) is 7.03. The zero-order valence-electron chi connectivity index (χ0n) is 23.5. The number of aromatic carboxylic acids is 1. The van der Waals surface area contributed by atoms with Gasteiger partial charge in [0.25, 0.3) is 0 Å². The number of hydrogen-bond acceptors (Lipinski definition) is 8. The molecule has 3 heterocycles. The number of fused-ring (bicyclic) bond motifs is 1. The summed E-state index contributed by atoms with van der Waals surface area (Å²) >= 11 is 0. The quantitative estimate of drug-likeness (QED) is 0.215. The van der Waals surface area contributed by atoms with Gasteiger partial charge in [0.2, 0.25) is 0 Å². The van der Waals surface area contributed by atoms with Gasteiger partial charge in [-0.05, 0) is 47.4 Å². The molecule has 43 heavy (non-hydrogen) atoms. The van der Waals surface area contributed by atoms with Crippen LogP contribution in [-0.4, -0.2) is 30.8 Å². The fourth-order valence-electron chi connectivity index (χ4n) is 4.82. The Bertz CT molecular complexity index is 2010. The van der Waals surface area contributed by atoms with Gasteiger partial charge in [-0.2, -0.15) is 6.92 Å². The number of aromatic nitrogens is 4. The SMILES string of the molecule is O=C(O)c1cccc2nc(C3CC3)n(Cc3ccc(-c4ccccc4-c4noc(=O)[nH]4)cc3)c12.[CH2-]c1oc(=O)oc1C.[K+]. The zero-order valence-corrected chi connectivity index (χ0v) is 26.6. The van der Waals surface area contributed by atoms with Gasteiger partial charge in [0.15, 0.2) is 5.82 Å². The number of aromatic amines is 1. The smallest absolute Gasteiger partial charge is 0.490 e. The van der Waals surface area contributed by atoms with Crippen LogP contribution in [0.15, 0.2) is 89.7 Å². The molecule has 6 aromatic rings. The standard InChI is InChI=1S/C26H20N4O4.C5H5O3.K/c31-25(32)20-6-3-7-21-22(20)30(24(27-21)17-12-13-17)14-15-8-10-16(11-9-15)18-4-1-2-5-19(18)23-28-26(33)34-29-23;1-3-4(2)8-5(6)7-3;/h1-11,17H,12-14H2,(H,31,32)(H,28,29,33);1H2,2H3;/q;-1;+1. The molecule has 0 aliphatic heterocycles. The van der Waals surface area contributed by atoms with Crippen LogP contribution in [0.2, 0.25) is 0 Å². The monoisotopic (exact) mass is 604 g/mol. The number of nitrogens with one attached hydrogen (secondary N) is 1. The summed E-state index contributed by atoms with van der Waals surface area (Å²) in [5.41, 5.74) is 5.34. The molecule has 0 bridgehead atoms. The van der Waals surface area contributed by atoms with Crippen molar-refractivity contribution in [3.05, 3.63) is 123 Å². The topological polar surface area (TPSA) is 157 Å². The molecule has 0 radical (unpaired) electrons. The normalized spacial score (nSPS) is 12.4. The molecule has 2 N–H and O–H groups in total. The first-order valence-electron chi connectivity index (χ1n) is 13.2. The minimum Gasteiger partial charge on any atom is -0.490 e. The van der Waals surface area contributed by atoms with Gasteiger partial charge in [-0.1, -0.05) is 66.7 Å². The molecule has 1 aliphatic carbocycles. The molecule has 3 aromatic carbocycles. The van der Waals surface area contributed by atoms with E-state index in [2.05, 4.69) is 35.0 Å². The van der Waals surface area contributed by atoms with Crippen LogP contribution < -0.4 is 63.0 Å². The third kappa shape index (κ3) is 6.53. The maximum absolute atomic E-state index is 11.9. The third-order valence-corrected chi connectivity index (χ3v) is 7.03. The fourth-order valence-corrected chi connectivity index (χ4v) is 4.82. The summed E-state index contributed by atoms with van der Waals surface area (Å²) in [6, 6.07) is 21.0. The van der Waals surface area contributed by atoms with E-state index in [1.54, 1.807) is 19.1 Å². The summed E-state index contributed by atoms with van der Waals surface area (Å²) in [6.07, 6.45) is 2.15. The maximum atomic E-state index is 11.9. The average Bonchev–Trinajstić information content (AvgIpc) is 3.53. The second-order valence-electron chi connectivity index (χ2n) is 9.93. The Morgan fingerprint density at radius 3 is 2.30 bits per heavy atom. The molecular weight excluding hydrogens is 579 g/mol. The molecule has 1 fully saturated rings. The van der Waals surface area contributed by atoms with Gasteiger partial charge in [0.1, 0.15) is 5.82 Å². The Morgan fingerprint density at radius 1 is 1.02 bits per heavy atom. The van der Waals surface area contributed by atoms with Crippen LogP contribution in [0, 0.1) is 13.8 Å². The molecule has 0 saturated heterocycles. The van der Waals surface area contributed by atoms with Crippen molar-refractivity contribution in [1.29, 1.82) is 0 Å². The molecule has 0 amide bonds. The Morgan fingerprint density at radius 2 is 1.74 bits per heavy atom. The molecule has 1 aliphatic rings. The molecule has 12 heteroatoms. The van der Waals surface area contributed by atoms with Crippen molar-refractivity contribution in [3.8, 4) is 22.5 Å².